The topological polar surface area (TPSA) is 6.48 Å². The lowest BCUT2D eigenvalue weighted by atomic mass is 9.86. The van der Waals surface area contributed by atoms with Gasteiger partial charge in [0.2, 0.25) is 0 Å². The monoisotopic (exact) mass is 272 g/mol. The first-order valence-electron chi connectivity index (χ1n) is 8.13. The molecular weight excluding hydrogens is 244 g/mol. The van der Waals surface area contributed by atoms with Crippen molar-refractivity contribution >= 4 is 0 Å². The van der Waals surface area contributed by atoms with Gasteiger partial charge in [-0.05, 0) is 37.3 Å². The Morgan fingerprint density at radius 2 is 1.80 bits per heavy atom. The number of rotatable bonds is 4. The Kier molecular flexibility index (Phi) is 3.87. The third-order valence-corrected chi connectivity index (χ3v) is 5.09. The lowest BCUT2D eigenvalue weighted by molar-refractivity contribution is -0.0835. The van der Waals surface area contributed by atoms with Crippen molar-refractivity contribution in [1.82, 2.24) is 9.80 Å². The summed E-state index contributed by atoms with van der Waals surface area (Å²) >= 11 is 0. The minimum Gasteiger partial charge on any atom is -0.298 e. The molecule has 110 valence electrons. The second kappa shape index (κ2) is 5.50. The fourth-order valence-electron chi connectivity index (χ4n) is 3.66. The number of piperazine rings is 1. The second-order valence-electron chi connectivity index (χ2n) is 7.16. The van der Waals surface area contributed by atoms with Gasteiger partial charge < -0.3 is 0 Å². The lowest BCUT2D eigenvalue weighted by Gasteiger charge is -2.57. The standard InChI is InChI=1S/C18H28N2/c1-13(2)16-7-5-6-15(8-16)10-20-17-9-18(20)12-19(11-17)14(3)4/h5-8,13-14,17-18H,9-12H2,1-4H3. The summed E-state index contributed by atoms with van der Waals surface area (Å²) in [5.41, 5.74) is 2.96. The molecule has 0 aromatic heterocycles. The molecule has 2 fully saturated rings. The van der Waals surface area contributed by atoms with Crippen molar-refractivity contribution < 1.29 is 0 Å². The van der Waals surface area contributed by atoms with Crippen molar-refractivity contribution in [2.75, 3.05) is 13.1 Å². The number of hydrogen-bond donors (Lipinski definition) is 0. The summed E-state index contributed by atoms with van der Waals surface area (Å²) in [6.45, 7) is 12.9. The predicted molar refractivity (Wildman–Crippen MR) is 85.0 cm³/mol. The normalized spacial score (nSPS) is 27.1. The van der Waals surface area contributed by atoms with Crippen LogP contribution in [0.25, 0.3) is 0 Å². The maximum atomic E-state index is 2.72. The van der Waals surface area contributed by atoms with Gasteiger partial charge >= 0.3 is 0 Å². The minimum atomic E-state index is 0.627. The van der Waals surface area contributed by atoms with Crippen LogP contribution in [0.2, 0.25) is 0 Å². The van der Waals surface area contributed by atoms with Gasteiger partial charge in [0.15, 0.2) is 0 Å². The Bertz CT molecular complexity index is 454. The number of piperidine rings is 1. The quantitative estimate of drug-likeness (QED) is 0.828. The summed E-state index contributed by atoms with van der Waals surface area (Å²) in [4.78, 5) is 5.36. The highest BCUT2D eigenvalue weighted by Gasteiger charge is 2.44. The number of likely N-dealkylation sites (tertiary alicyclic amines) is 2. The maximum absolute atomic E-state index is 2.72. The van der Waals surface area contributed by atoms with Crippen molar-refractivity contribution in [3.05, 3.63) is 35.4 Å². The summed E-state index contributed by atoms with van der Waals surface area (Å²) in [6.07, 6.45) is 1.41. The van der Waals surface area contributed by atoms with Gasteiger partial charge in [-0.2, -0.15) is 0 Å². The SMILES string of the molecule is CC(C)c1cccc(CN2C3CC2CN(C(C)C)C3)c1. The molecule has 0 radical (unpaired) electrons. The highest BCUT2D eigenvalue weighted by Crippen LogP contribution is 2.34. The van der Waals surface area contributed by atoms with Crippen LogP contribution in [0.1, 0.15) is 51.2 Å². The van der Waals surface area contributed by atoms with Crippen molar-refractivity contribution in [3.8, 4) is 0 Å². The first kappa shape index (κ1) is 14.1. The fourth-order valence-corrected chi connectivity index (χ4v) is 3.66. The molecule has 0 aliphatic carbocycles. The third kappa shape index (κ3) is 2.64. The van der Waals surface area contributed by atoms with E-state index in [-0.39, 0.29) is 0 Å². The number of hydrogen-bond acceptors (Lipinski definition) is 2. The van der Waals surface area contributed by atoms with E-state index in [1.165, 1.54) is 30.6 Å². The molecule has 2 saturated heterocycles. The van der Waals surface area contributed by atoms with Gasteiger partial charge in [-0.1, -0.05) is 38.1 Å². The Morgan fingerprint density at radius 1 is 1.10 bits per heavy atom. The van der Waals surface area contributed by atoms with Gasteiger partial charge in [0.25, 0.3) is 0 Å². The van der Waals surface area contributed by atoms with Gasteiger partial charge in [-0.25, -0.2) is 0 Å². The highest BCUT2D eigenvalue weighted by atomic mass is 15.4. The van der Waals surface area contributed by atoms with Gasteiger partial charge in [-0.15, -0.1) is 0 Å². The molecule has 2 aliphatic rings. The molecule has 2 heterocycles. The molecule has 0 spiro atoms. The molecule has 2 aliphatic heterocycles. The van der Waals surface area contributed by atoms with E-state index in [4.69, 9.17) is 0 Å². The minimum absolute atomic E-state index is 0.627. The van der Waals surface area contributed by atoms with Crippen LogP contribution in [0.15, 0.2) is 24.3 Å². The van der Waals surface area contributed by atoms with Crippen LogP contribution in [-0.4, -0.2) is 41.0 Å². The summed E-state index contributed by atoms with van der Waals surface area (Å²) < 4.78 is 0. The van der Waals surface area contributed by atoms with Crippen LogP contribution in [-0.2, 0) is 6.54 Å². The van der Waals surface area contributed by atoms with Crippen LogP contribution in [0.5, 0.6) is 0 Å². The van der Waals surface area contributed by atoms with Crippen LogP contribution in [0.4, 0.5) is 0 Å². The molecule has 1 aromatic carbocycles. The third-order valence-electron chi connectivity index (χ3n) is 5.09. The van der Waals surface area contributed by atoms with E-state index in [0.717, 1.165) is 18.6 Å². The van der Waals surface area contributed by atoms with E-state index in [1.807, 2.05) is 0 Å². The summed E-state index contributed by atoms with van der Waals surface area (Å²) in [5, 5.41) is 0. The van der Waals surface area contributed by atoms with Gasteiger partial charge in [0.05, 0.1) is 0 Å². The van der Waals surface area contributed by atoms with Crippen LogP contribution in [0, 0.1) is 0 Å². The van der Waals surface area contributed by atoms with Crippen LogP contribution < -0.4 is 0 Å². The Morgan fingerprint density at radius 3 is 2.40 bits per heavy atom. The van der Waals surface area contributed by atoms with Gasteiger partial charge in [0.1, 0.15) is 0 Å². The Hall–Kier alpha value is -0.860. The smallest absolute Gasteiger partial charge is 0.0245 e. The van der Waals surface area contributed by atoms with Gasteiger partial charge in [-0.3, -0.25) is 9.80 Å². The molecule has 2 nitrogen and oxygen atoms in total. The van der Waals surface area contributed by atoms with Crippen LogP contribution in [0.3, 0.4) is 0 Å². The number of nitrogens with zero attached hydrogens (tertiary/aromatic N) is 2. The van der Waals surface area contributed by atoms with Crippen LogP contribution >= 0.6 is 0 Å². The Labute approximate surface area is 123 Å². The molecule has 2 unspecified atom stereocenters. The highest BCUT2D eigenvalue weighted by molar-refractivity contribution is 5.26. The first-order valence-corrected chi connectivity index (χ1v) is 8.13. The average molecular weight is 272 g/mol. The predicted octanol–water partition coefficient (Wildman–Crippen LogP) is 3.48. The molecule has 20 heavy (non-hydrogen) atoms. The largest absolute Gasteiger partial charge is 0.298 e. The molecular formula is C18H28N2. The second-order valence-corrected chi connectivity index (χ2v) is 7.16. The Balaban J connectivity index is 1.64. The van der Waals surface area contributed by atoms with Crippen molar-refractivity contribution in [1.29, 1.82) is 0 Å². The van der Waals surface area contributed by atoms with E-state index >= 15 is 0 Å². The first-order chi connectivity index (χ1) is 9.54. The van der Waals surface area contributed by atoms with E-state index in [9.17, 15) is 0 Å². The molecule has 2 atom stereocenters. The van der Waals surface area contributed by atoms with E-state index in [0.29, 0.717) is 12.0 Å². The zero-order valence-corrected chi connectivity index (χ0v) is 13.3. The maximum Gasteiger partial charge on any atom is 0.0245 e. The van der Waals surface area contributed by atoms with Crippen molar-refractivity contribution in [3.63, 3.8) is 0 Å². The van der Waals surface area contributed by atoms with Crippen molar-refractivity contribution in [2.45, 2.75) is 64.7 Å². The molecule has 1 aromatic rings. The van der Waals surface area contributed by atoms with Gasteiger partial charge in [0, 0.05) is 37.8 Å². The molecule has 0 saturated carbocycles. The number of benzene rings is 1. The summed E-state index contributed by atoms with van der Waals surface area (Å²) in [6, 6.07) is 11.5. The molecule has 2 bridgehead atoms. The zero-order valence-electron chi connectivity index (χ0n) is 13.3. The van der Waals surface area contributed by atoms with E-state index in [1.54, 1.807) is 0 Å². The average Bonchev–Trinajstić information content (AvgIpc) is 2.45. The summed E-state index contributed by atoms with van der Waals surface area (Å²) in [7, 11) is 0. The fraction of sp³-hybridized carbons (Fsp3) is 0.667. The number of fused-ring (bicyclic) bond motifs is 2. The lowest BCUT2D eigenvalue weighted by Crippen LogP contribution is -2.68. The summed E-state index contributed by atoms with van der Waals surface area (Å²) in [5.74, 6) is 0.627. The molecule has 0 amide bonds. The molecule has 0 N–H and O–H groups in total. The zero-order chi connectivity index (χ0) is 14.3. The van der Waals surface area contributed by atoms with E-state index < -0.39 is 0 Å². The molecule has 3 rings (SSSR count). The van der Waals surface area contributed by atoms with E-state index in [2.05, 4.69) is 61.8 Å². The molecule has 2 heteroatoms. The van der Waals surface area contributed by atoms with Crippen molar-refractivity contribution in [2.24, 2.45) is 0 Å².